The molecular formula is C21H20ClN3O2. The second kappa shape index (κ2) is 7.45. The molecule has 2 heterocycles. The van der Waals surface area contributed by atoms with Crippen molar-refractivity contribution in [1.29, 1.82) is 0 Å². The monoisotopic (exact) mass is 381 g/mol. The zero-order valence-corrected chi connectivity index (χ0v) is 15.8. The molecule has 0 radical (unpaired) electrons. The van der Waals surface area contributed by atoms with Crippen molar-refractivity contribution in [3.63, 3.8) is 0 Å². The van der Waals surface area contributed by atoms with Crippen LogP contribution in [-0.2, 0) is 0 Å². The number of halogens is 1. The highest BCUT2D eigenvalue weighted by molar-refractivity contribution is 6.30. The summed E-state index contributed by atoms with van der Waals surface area (Å²) < 4.78 is 5.38. The summed E-state index contributed by atoms with van der Waals surface area (Å²) in [5, 5.41) is 4.71. The highest BCUT2D eigenvalue weighted by Gasteiger charge is 2.25. The number of piperazine rings is 1. The zero-order valence-electron chi connectivity index (χ0n) is 15.1. The molecular weight excluding hydrogens is 362 g/mol. The Hall–Kier alpha value is -2.79. The van der Waals surface area contributed by atoms with E-state index in [4.69, 9.17) is 16.1 Å². The van der Waals surface area contributed by atoms with E-state index in [9.17, 15) is 4.79 Å². The number of hydrogen-bond acceptors (Lipinski definition) is 4. The molecule has 1 saturated heterocycles. The Morgan fingerprint density at radius 2 is 1.67 bits per heavy atom. The van der Waals surface area contributed by atoms with Crippen molar-refractivity contribution in [3.05, 3.63) is 70.9 Å². The normalized spacial score (nSPS) is 14.4. The molecule has 0 bridgehead atoms. The maximum atomic E-state index is 12.8. The lowest BCUT2D eigenvalue weighted by atomic mass is 10.1. The fourth-order valence-electron chi connectivity index (χ4n) is 3.21. The highest BCUT2D eigenvalue weighted by Crippen LogP contribution is 2.23. The molecule has 0 N–H and O–H groups in total. The van der Waals surface area contributed by atoms with E-state index < -0.39 is 0 Å². The summed E-state index contributed by atoms with van der Waals surface area (Å²) in [5.74, 6) is 0.519. The van der Waals surface area contributed by atoms with E-state index in [0.717, 1.165) is 29.4 Å². The summed E-state index contributed by atoms with van der Waals surface area (Å²) in [7, 11) is 0. The molecule has 138 valence electrons. The number of hydrogen-bond donors (Lipinski definition) is 0. The fraction of sp³-hybridized carbons (Fsp3) is 0.238. The minimum Gasteiger partial charge on any atom is -0.368 e. The van der Waals surface area contributed by atoms with Crippen molar-refractivity contribution in [2.75, 3.05) is 31.1 Å². The molecule has 27 heavy (non-hydrogen) atoms. The Kier molecular flexibility index (Phi) is 4.86. The molecule has 0 unspecified atom stereocenters. The van der Waals surface area contributed by atoms with Crippen LogP contribution >= 0.6 is 11.6 Å². The summed E-state index contributed by atoms with van der Waals surface area (Å²) in [6, 6.07) is 17.5. The van der Waals surface area contributed by atoms with E-state index in [0.29, 0.717) is 24.5 Å². The molecule has 1 amide bonds. The molecule has 1 fully saturated rings. The van der Waals surface area contributed by atoms with Crippen molar-refractivity contribution in [2.45, 2.75) is 6.92 Å². The summed E-state index contributed by atoms with van der Waals surface area (Å²) >= 11 is 5.95. The summed E-state index contributed by atoms with van der Waals surface area (Å²) in [4.78, 5) is 16.8. The van der Waals surface area contributed by atoms with Crippen LogP contribution in [0.1, 0.15) is 16.1 Å². The van der Waals surface area contributed by atoms with Gasteiger partial charge in [0.2, 0.25) is 0 Å². The first kappa shape index (κ1) is 17.6. The van der Waals surface area contributed by atoms with Crippen molar-refractivity contribution in [3.8, 4) is 11.3 Å². The van der Waals surface area contributed by atoms with Crippen LogP contribution in [0.15, 0.2) is 59.1 Å². The van der Waals surface area contributed by atoms with Crippen LogP contribution < -0.4 is 4.90 Å². The second-order valence-electron chi connectivity index (χ2n) is 6.70. The topological polar surface area (TPSA) is 49.6 Å². The number of amides is 1. The van der Waals surface area contributed by atoms with Crippen LogP contribution in [0.3, 0.4) is 0 Å². The smallest absolute Gasteiger partial charge is 0.276 e. The van der Waals surface area contributed by atoms with Crippen LogP contribution in [0.2, 0.25) is 5.02 Å². The van der Waals surface area contributed by atoms with Crippen molar-refractivity contribution >= 4 is 23.2 Å². The summed E-state index contributed by atoms with van der Waals surface area (Å²) in [6.45, 7) is 4.87. The van der Waals surface area contributed by atoms with Gasteiger partial charge in [-0.15, -0.1) is 0 Å². The molecule has 6 heteroatoms. The van der Waals surface area contributed by atoms with Gasteiger partial charge in [-0.2, -0.15) is 0 Å². The maximum Gasteiger partial charge on any atom is 0.276 e. The number of benzene rings is 2. The van der Waals surface area contributed by atoms with Crippen LogP contribution in [0.4, 0.5) is 5.69 Å². The molecule has 1 aliphatic heterocycles. The van der Waals surface area contributed by atoms with Crippen LogP contribution in [-0.4, -0.2) is 42.1 Å². The van der Waals surface area contributed by atoms with Crippen molar-refractivity contribution in [1.82, 2.24) is 10.1 Å². The van der Waals surface area contributed by atoms with Gasteiger partial charge in [-0.05, 0) is 31.2 Å². The van der Waals surface area contributed by atoms with Crippen LogP contribution in [0.5, 0.6) is 0 Å². The van der Waals surface area contributed by atoms with E-state index in [1.807, 2.05) is 60.4 Å². The molecule has 0 atom stereocenters. The standard InChI is InChI=1S/C21H20ClN3O2/c1-15-2-4-16(5-3-15)20-14-19(23-27-20)21(26)25-12-10-24(11-13-25)18-8-6-17(22)7-9-18/h2-9,14H,10-13H2,1H3. The third-order valence-electron chi connectivity index (χ3n) is 4.82. The Bertz CT molecular complexity index is 927. The second-order valence-corrected chi connectivity index (χ2v) is 7.13. The van der Waals surface area contributed by atoms with Gasteiger partial charge in [0.25, 0.3) is 5.91 Å². The lowest BCUT2D eigenvalue weighted by molar-refractivity contribution is 0.0736. The third kappa shape index (κ3) is 3.83. The van der Waals surface area contributed by atoms with Gasteiger partial charge >= 0.3 is 0 Å². The number of aryl methyl sites for hydroxylation is 1. The molecule has 1 aliphatic rings. The number of nitrogens with zero attached hydrogens (tertiary/aromatic N) is 3. The summed E-state index contributed by atoms with van der Waals surface area (Å²) in [5.41, 5.74) is 3.56. The number of anilines is 1. The van der Waals surface area contributed by atoms with Gasteiger partial charge in [0.1, 0.15) is 0 Å². The molecule has 5 nitrogen and oxygen atoms in total. The van der Waals surface area contributed by atoms with E-state index >= 15 is 0 Å². The number of rotatable bonds is 3. The summed E-state index contributed by atoms with van der Waals surface area (Å²) in [6.07, 6.45) is 0. The first-order chi connectivity index (χ1) is 13.1. The van der Waals surface area contributed by atoms with Gasteiger partial charge in [-0.25, -0.2) is 0 Å². The molecule has 0 saturated carbocycles. The Balaban J connectivity index is 1.41. The lowest BCUT2D eigenvalue weighted by Crippen LogP contribution is -2.48. The van der Waals surface area contributed by atoms with Gasteiger partial charge in [-0.1, -0.05) is 46.6 Å². The largest absolute Gasteiger partial charge is 0.368 e. The third-order valence-corrected chi connectivity index (χ3v) is 5.08. The average Bonchev–Trinajstić information content (AvgIpc) is 3.19. The first-order valence-corrected chi connectivity index (χ1v) is 9.31. The highest BCUT2D eigenvalue weighted by atomic mass is 35.5. The number of aromatic nitrogens is 1. The fourth-order valence-corrected chi connectivity index (χ4v) is 3.34. The Labute approximate surface area is 163 Å². The molecule has 1 aromatic heterocycles. The molecule has 4 rings (SSSR count). The van der Waals surface area contributed by atoms with Crippen LogP contribution in [0, 0.1) is 6.92 Å². The van der Waals surface area contributed by atoms with Gasteiger partial charge in [-0.3, -0.25) is 4.79 Å². The minimum absolute atomic E-state index is 0.0899. The van der Waals surface area contributed by atoms with Crippen molar-refractivity contribution < 1.29 is 9.32 Å². The number of carbonyl (C=O) groups is 1. The predicted octanol–water partition coefficient (Wildman–Crippen LogP) is 4.27. The minimum atomic E-state index is -0.0899. The Morgan fingerprint density at radius 1 is 1.00 bits per heavy atom. The molecule has 3 aromatic rings. The lowest BCUT2D eigenvalue weighted by Gasteiger charge is -2.35. The van der Waals surface area contributed by atoms with Gasteiger partial charge < -0.3 is 14.3 Å². The van der Waals surface area contributed by atoms with E-state index in [2.05, 4.69) is 10.1 Å². The average molecular weight is 382 g/mol. The van der Waals surface area contributed by atoms with Gasteiger partial charge in [0, 0.05) is 48.5 Å². The molecule has 0 spiro atoms. The Morgan fingerprint density at radius 3 is 2.33 bits per heavy atom. The first-order valence-electron chi connectivity index (χ1n) is 8.94. The SMILES string of the molecule is Cc1ccc(-c2cc(C(=O)N3CCN(c4ccc(Cl)cc4)CC3)no2)cc1. The maximum absolute atomic E-state index is 12.8. The van der Waals surface area contributed by atoms with E-state index in [1.54, 1.807) is 6.07 Å². The molecule has 0 aliphatic carbocycles. The predicted molar refractivity (Wildman–Crippen MR) is 106 cm³/mol. The van der Waals surface area contributed by atoms with E-state index in [-0.39, 0.29) is 5.91 Å². The van der Waals surface area contributed by atoms with E-state index in [1.165, 1.54) is 5.56 Å². The molecule has 2 aromatic carbocycles. The zero-order chi connectivity index (χ0) is 18.8. The van der Waals surface area contributed by atoms with Crippen LogP contribution in [0.25, 0.3) is 11.3 Å². The van der Waals surface area contributed by atoms with Crippen molar-refractivity contribution in [2.24, 2.45) is 0 Å². The quantitative estimate of drug-likeness (QED) is 0.680. The van der Waals surface area contributed by atoms with Gasteiger partial charge in [0.15, 0.2) is 11.5 Å². The van der Waals surface area contributed by atoms with Gasteiger partial charge in [0.05, 0.1) is 0 Å². The number of carbonyl (C=O) groups excluding carboxylic acids is 1.